The summed E-state index contributed by atoms with van der Waals surface area (Å²) in [6, 6.07) is 29.4. The molecule has 4 aromatic rings. The van der Waals surface area contributed by atoms with E-state index < -0.39 is 6.04 Å². The lowest BCUT2D eigenvalue weighted by Crippen LogP contribution is -2.38. The van der Waals surface area contributed by atoms with Gasteiger partial charge in [-0.1, -0.05) is 60.1 Å². The number of ketones is 1. The van der Waals surface area contributed by atoms with Gasteiger partial charge in [0.05, 0.1) is 31.6 Å². The summed E-state index contributed by atoms with van der Waals surface area (Å²) in [5.41, 5.74) is 5.19. The van der Waals surface area contributed by atoms with Crippen LogP contribution >= 0.6 is 11.6 Å². The molecule has 0 bridgehead atoms. The van der Waals surface area contributed by atoms with Crippen molar-refractivity contribution in [1.82, 2.24) is 0 Å². The number of carbonyl (C=O) groups is 2. The number of Topliss-reactive ketones (excluding diaryl/α,β-unsaturated/α-hetero) is 1. The molecule has 0 unspecified atom stereocenters. The molecule has 1 heterocycles. The lowest BCUT2D eigenvalue weighted by atomic mass is 9.78. The van der Waals surface area contributed by atoms with Gasteiger partial charge in [-0.2, -0.15) is 0 Å². The van der Waals surface area contributed by atoms with Crippen LogP contribution in [-0.4, -0.2) is 25.9 Å². The number of benzene rings is 4. The van der Waals surface area contributed by atoms with Gasteiger partial charge in [0.1, 0.15) is 0 Å². The van der Waals surface area contributed by atoms with Crippen LogP contribution in [0.15, 0.2) is 108 Å². The zero-order chi connectivity index (χ0) is 28.5. The number of nitrogens with zero attached hydrogens (tertiary/aromatic N) is 1. The molecule has 0 fully saturated rings. The lowest BCUT2D eigenvalue weighted by Gasteiger charge is -2.35. The number of fused-ring (bicyclic) bond motifs is 1. The van der Waals surface area contributed by atoms with Crippen LogP contribution in [0.25, 0.3) is 0 Å². The van der Waals surface area contributed by atoms with Crippen LogP contribution in [0.1, 0.15) is 46.3 Å². The highest BCUT2D eigenvalue weighted by Gasteiger charge is 2.42. The van der Waals surface area contributed by atoms with E-state index in [9.17, 15) is 9.59 Å². The average Bonchev–Trinajstić information content (AvgIpc) is 3.16. The van der Waals surface area contributed by atoms with Gasteiger partial charge >= 0.3 is 0 Å². The third-order valence-corrected chi connectivity index (χ3v) is 8.04. The molecule has 7 heteroatoms. The summed E-state index contributed by atoms with van der Waals surface area (Å²) < 4.78 is 11.0. The summed E-state index contributed by atoms with van der Waals surface area (Å²) in [7, 11) is 3.21. The van der Waals surface area contributed by atoms with Crippen LogP contribution in [0.4, 0.5) is 11.4 Å². The Hall–Kier alpha value is -4.55. The minimum Gasteiger partial charge on any atom is -0.493 e. The summed E-state index contributed by atoms with van der Waals surface area (Å²) in [4.78, 5) is 30.3. The molecule has 0 aromatic heterocycles. The highest BCUT2D eigenvalue weighted by molar-refractivity contribution is 6.30. The predicted molar refractivity (Wildman–Crippen MR) is 161 cm³/mol. The van der Waals surface area contributed by atoms with Gasteiger partial charge in [0.25, 0.3) is 5.91 Å². The molecule has 41 heavy (non-hydrogen) atoms. The molecule has 6 rings (SSSR count). The van der Waals surface area contributed by atoms with E-state index in [1.54, 1.807) is 43.4 Å². The zero-order valence-corrected chi connectivity index (χ0v) is 23.5. The van der Waals surface area contributed by atoms with E-state index >= 15 is 0 Å². The smallest absolute Gasteiger partial charge is 0.259 e. The first kappa shape index (κ1) is 26.7. The topological polar surface area (TPSA) is 67.9 Å². The first-order valence-corrected chi connectivity index (χ1v) is 13.8. The summed E-state index contributed by atoms with van der Waals surface area (Å²) in [5.74, 6) is 0.969. The molecule has 6 nitrogen and oxygen atoms in total. The van der Waals surface area contributed by atoms with Gasteiger partial charge in [-0.25, -0.2) is 0 Å². The van der Waals surface area contributed by atoms with Crippen LogP contribution in [0.5, 0.6) is 11.5 Å². The first-order valence-electron chi connectivity index (χ1n) is 13.5. The molecule has 206 valence electrons. The predicted octanol–water partition coefficient (Wildman–Crippen LogP) is 7.57. The largest absolute Gasteiger partial charge is 0.493 e. The van der Waals surface area contributed by atoms with Gasteiger partial charge in [0, 0.05) is 28.3 Å². The van der Waals surface area contributed by atoms with Crippen molar-refractivity contribution in [3.05, 3.63) is 130 Å². The maximum atomic E-state index is 14.3. The molecule has 1 amide bonds. The molecule has 1 N–H and O–H groups in total. The van der Waals surface area contributed by atoms with E-state index in [-0.39, 0.29) is 17.6 Å². The van der Waals surface area contributed by atoms with Crippen molar-refractivity contribution in [3.8, 4) is 11.5 Å². The number of methoxy groups -OCH3 is 2. The number of ether oxygens (including phenoxy) is 2. The van der Waals surface area contributed by atoms with Gasteiger partial charge in [-0.3, -0.25) is 14.5 Å². The molecule has 0 saturated heterocycles. The monoisotopic (exact) mass is 564 g/mol. The van der Waals surface area contributed by atoms with Crippen LogP contribution in [0.2, 0.25) is 5.02 Å². The van der Waals surface area contributed by atoms with E-state index in [2.05, 4.69) is 5.32 Å². The second kappa shape index (κ2) is 11.1. The number of para-hydroxylation sites is 2. The summed E-state index contributed by atoms with van der Waals surface area (Å²) >= 11 is 6.27. The van der Waals surface area contributed by atoms with Crippen LogP contribution < -0.4 is 19.7 Å². The molecule has 0 spiro atoms. The number of carbonyl (C=O) groups excluding carboxylic acids is 2. The summed E-state index contributed by atoms with van der Waals surface area (Å²) in [6.45, 7) is 0. The van der Waals surface area contributed by atoms with Gasteiger partial charge in [0.15, 0.2) is 17.3 Å². The molecule has 0 radical (unpaired) electrons. The normalized spacial score (nSPS) is 18.1. The van der Waals surface area contributed by atoms with Crippen molar-refractivity contribution in [1.29, 1.82) is 0 Å². The lowest BCUT2D eigenvalue weighted by molar-refractivity contribution is -0.116. The Kier molecular flexibility index (Phi) is 7.25. The van der Waals surface area contributed by atoms with E-state index in [0.29, 0.717) is 46.2 Å². The number of allylic oxidation sites excluding steroid dienone is 1. The van der Waals surface area contributed by atoms with Crippen molar-refractivity contribution in [3.63, 3.8) is 0 Å². The highest BCUT2D eigenvalue weighted by atomic mass is 35.5. The second-order valence-electron chi connectivity index (χ2n) is 10.2. The number of hydrogen-bond acceptors (Lipinski definition) is 5. The fraction of sp³-hybridized carbons (Fsp3) is 0.176. The number of nitrogens with one attached hydrogen (secondary N) is 1. The minimum atomic E-state index is -0.648. The Balaban J connectivity index is 1.53. The van der Waals surface area contributed by atoms with Crippen molar-refractivity contribution in [2.24, 2.45) is 0 Å². The minimum absolute atomic E-state index is 0.0165. The van der Waals surface area contributed by atoms with E-state index in [0.717, 1.165) is 22.5 Å². The number of anilines is 2. The summed E-state index contributed by atoms with van der Waals surface area (Å²) in [6.07, 6.45) is 0.881. The fourth-order valence-corrected chi connectivity index (χ4v) is 5.96. The summed E-state index contributed by atoms with van der Waals surface area (Å²) in [5, 5.41) is 4.16. The van der Waals surface area contributed by atoms with Crippen molar-refractivity contribution in [2.45, 2.75) is 24.8 Å². The van der Waals surface area contributed by atoms with E-state index in [1.807, 2.05) is 72.8 Å². The number of hydrogen-bond donors (Lipinski definition) is 1. The van der Waals surface area contributed by atoms with Gasteiger partial charge in [-0.05, 0) is 72.0 Å². The number of halogens is 1. The maximum absolute atomic E-state index is 14.3. The molecular weight excluding hydrogens is 536 g/mol. The Labute approximate surface area is 244 Å². The second-order valence-corrected chi connectivity index (χ2v) is 10.6. The van der Waals surface area contributed by atoms with Crippen molar-refractivity contribution >= 4 is 34.7 Å². The highest BCUT2D eigenvalue weighted by Crippen LogP contribution is 2.48. The Morgan fingerprint density at radius 2 is 1.51 bits per heavy atom. The molecule has 2 atom stereocenters. The molecule has 2 aliphatic rings. The number of amides is 1. The fourth-order valence-electron chi connectivity index (χ4n) is 5.84. The van der Waals surface area contributed by atoms with Gasteiger partial charge < -0.3 is 14.8 Å². The van der Waals surface area contributed by atoms with E-state index in [1.165, 1.54) is 0 Å². The first-order chi connectivity index (χ1) is 20.0. The van der Waals surface area contributed by atoms with Crippen LogP contribution in [-0.2, 0) is 4.79 Å². The van der Waals surface area contributed by atoms with Crippen molar-refractivity contribution in [2.75, 3.05) is 24.4 Å². The quantitative estimate of drug-likeness (QED) is 0.271. The van der Waals surface area contributed by atoms with Crippen molar-refractivity contribution < 1.29 is 19.1 Å². The SMILES string of the molecule is COc1ccc([C@@H]2CC(=O)C3=C(C2)Nc2ccccc2N(C(=O)c2ccccc2)[C@@H]3c2ccc(Cl)cc2)cc1OC. The Morgan fingerprint density at radius 3 is 2.24 bits per heavy atom. The van der Waals surface area contributed by atoms with Gasteiger partial charge in [-0.15, -0.1) is 0 Å². The molecular formula is C34H29ClN2O4. The Morgan fingerprint density at radius 1 is 0.829 bits per heavy atom. The third-order valence-electron chi connectivity index (χ3n) is 7.79. The third kappa shape index (κ3) is 4.96. The van der Waals surface area contributed by atoms with E-state index in [4.69, 9.17) is 21.1 Å². The van der Waals surface area contributed by atoms with Crippen LogP contribution in [0, 0.1) is 0 Å². The van der Waals surface area contributed by atoms with Gasteiger partial charge in [0.2, 0.25) is 0 Å². The van der Waals surface area contributed by atoms with Crippen LogP contribution in [0.3, 0.4) is 0 Å². The molecule has 4 aromatic carbocycles. The molecule has 1 aliphatic carbocycles. The maximum Gasteiger partial charge on any atom is 0.259 e. The zero-order valence-electron chi connectivity index (χ0n) is 22.8. The standard InChI is InChI=1S/C34H29ClN2O4/c1-40-30-17-14-23(20-31(30)41-2)24-18-27-32(29(38)19-24)33(21-12-15-25(35)16-13-21)37(28-11-7-6-10-26(28)36-27)34(39)22-8-4-3-5-9-22/h3-17,20,24,33,36H,18-19H2,1-2H3/t24-,33+/m0/s1. The Bertz CT molecular complexity index is 1650. The molecule has 1 aliphatic heterocycles. The average molecular weight is 565 g/mol. The number of rotatable bonds is 5. The molecule has 0 saturated carbocycles.